The van der Waals surface area contributed by atoms with Gasteiger partial charge in [0.1, 0.15) is 6.61 Å². The third-order valence-corrected chi connectivity index (χ3v) is 5.17. The predicted octanol–water partition coefficient (Wildman–Crippen LogP) is 3.27. The highest BCUT2D eigenvalue weighted by molar-refractivity contribution is 6.20. The van der Waals surface area contributed by atoms with E-state index in [1.54, 1.807) is 36.7 Å². The van der Waals surface area contributed by atoms with Crippen molar-refractivity contribution in [1.82, 2.24) is 19.9 Å². The van der Waals surface area contributed by atoms with Crippen LogP contribution in [-0.2, 0) is 0 Å². The highest BCUT2D eigenvalue weighted by Gasteiger charge is 2.19. The number of allylic oxidation sites excluding steroid dienone is 2. The minimum Gasteiger partial charge on any atom is -0.461 e. The average molecular weight is 457 g/mol. The number of rotatable bonds is 8. The number of aliphatic imine (C=N–C) groups is 1. The molecule has 4 aromatic rings. The number of H-pyrrole nitrogens is 1. The lowest BCUT2D eigenvalue weighted by Crippen LogP contribution is -2.15. The third-order valence-electron chi connectivity index (χ3n) is 5.17. The predicted molar refractivity (Wildman–Crippen MR) is 134 cm³/mol. The number of primary amides is 1. The van der Waals surface area contributed by atoms with Gasteiger partial charge in [-0.25, -0.2) is 9.97 Å². The monoisotopic (exact) mass is 456 g/mol. The van der Waals surface area contributed by atoms with E-state index in [0.717, 1.165) is 0 Å². The van der Waals surface area contributed by atoms with Crippen LogP contribution >= 0.6 is 0 Å². The van der Waals surface area contributed by atoms with Gasteiger partial charge in [0.2, 0.25) is 0 Å². The zero-order valence-corrected chi connectivity index (χ0v) is 18.7. The van der Waals surface area contributed by atoms with E-state index >= 15 is 0 Å². The molecule has 10 nitrogen and oxygen atoms in total. The van der Waals surface area contributed by atoms with E-state index < -0.39 is 5.91 Å². The van der Waals surface area contributed by atoms with Crippen molar-refractivity contribution in [1.29, 1.82) is 5.41 Å². The fourth-order valence-corrected chi connectivity index (χ4v) is 3.57. The molecule has 0 saturated heterocycles. The molecule has 10 heteroatoms. The number of nitrogen functional groups attached to an aromatic ring is 1. The molecule has 1 amide bonds. The van der Waals surface area contributed by atoms with E-state index in [-0.39, 0.29) is 17.7 Å². The molecule has 34 heavy (non-hydrogen) atoms. The molecule has 0 aliphatic carbocycles. The van der Waals surface area contributed by atoms with Gasteiger partial charge in [-0.2, -0.15) is 4.98 Å². The quantitative estimate of drug-likeness (QED) is 0.234. The molecule has 1 unspecified atom stereocenters. The Morgan fingerprint density at radius 3 is 2.85 bits per heavy atom. The van der Waals surface area contributed by atoms with E-state index in [4.69, 9.17) is 21.6 Å². The highest BCUT2D eigenvalue weighted by atomic mass is 16.5. The Hall–Kier alpha value is -4.60. The first-order chi connectivity index (χ1) is 16.4. The van der Waals surface area contributed by atoms with Crippen LogP contribution in [0.5, 0.6) is 6.01 Å². The Morgan fingerprint density at radius 1 is 1.29 bits per heavy atom. The molecule has 4 rings (SSSR count). The number of ether oxygens (including phenoxy) is 1. The molecule has 172 valence electrons. The van der Waals surface area contributed by atoms with Crippen LogP contribution in [0, 0.1) is 5.41 Å². The Labute approximate surface area is 195 Å². The summed E-state index contributed by atoms with van der Waals surface area (Å²) in [5.74, 6) is -0.693. The Balaban J connectivity index is 1.78. The molecule has 0 fully saturated rings. The summed E-state index contributed by atoms with van der Waals surface area (Å²) in [7, 11) is 0. The summed E-state index contributed by atoms with van der Waals surface area (Å²) >= 11 is 0. The first-order valence-electron chi connectivity index (χ1n) is 10.6. The number of hydrogen-bond donors (Lipinski definition) is 4. The number of nitrogens with zero attached hydrogens (tertiary/aromatic N) is 4. The van der Waals surface area contributed by atoms with Gasteiger partial charge in [-0.15, -0.1) is 0 Å². The van der Waals surface area contributed by atoms with E-state index in [0.29, 0.717) is 51.1 Å². The van der Waals surface area contributed by atoms with Gasteiger partial charge < -0.3 is 26.6 Å². The first-order valence-corrected chi connectivity index (χ1v) is 10.6. The molecule has 0 spiro atoms. The van der Waals surface area contributed by atoms with E-state index in [2.05, 4.69) is 24.9 Å². The molecule has 0 aliphatic heterocycles. The van der Waals surface area contributed by atoms with Gasteiger partial charge in [-0.1, -0.05) is 6.08 Å². The molecular weight excluding hydrogens is 432 g/mol. The number of carbonyl (C=O) groups is 1. The van der Waals surface area contributed by atoms with Crippen molar-refractivity contribution in [3.8, 4) is 17.4 Å². The number of nitrogens with two attached hydrogens (primary N) is 2. The number of benzene rings is 1. The van der Waals surface area contributed by atoms with Crippen LogP contribution in [0.3, 0.4) is 0 Å². The van der Waals surface area contributed by atoms with Crippen molar-refractivity contribution in [3.05, 3.63) is 53.9 Å². The number of fused-ring (bicyclic) bond motifs is 3. The molecule has 3 aromatic heterocycles. The van der Waals surface area contributed by atoms with Crippen molar-refractivity contribution in [2.75, 3.05) is 12.3 Å². The number of anilines is 1. The van der Waals surface area contributed by atoms with Gasteiger partial charge in [-0.3, -0.25) is 9.79 Å². The number of carbonyl (C=O) groups excluding carboxylic acids is 1. The topological polar surface area (TPSA) is 169 Å². The van der Waals surface area contributed by atoms with Crippen LogP contribution in [0.2, 0.25) is 0 Å². The van der Waals surface area contributed by atoms with E-state index in [1.165, 1.54) is 6.21 Å². The van der Waals surface area contributed by atoms with Crippen LogP contribution in [0.25, 0.3) is 33.2 Å². The molecule has 0 saturated carbocycles. The maximum atomic E-state index is 12.2. The lowest BCUT2D eigenvalue weighted by Gasteiger charge is -2.09. The Kier molecular flexibility index (Phi) is 6.30. The van der Waals surface area contributed by atoms with Crippen molar-refractivity contribution in [3.63, 3.8) is 0 Å². The van der Waals surface area contributed by atoms with Crippen LogP contribution < -0.4 is 16.2 Å². The van der Waals surface area contributed by atoms with Gasteiger partial charge in [0.15, 0.2) is 5.69 Å². The van der Waals surface area contributed by atoms with E-state index in [1.807, 2.05) is 26.0 Å². The molecule has 0 radical (unpaired) electrons. The number of nitrogens with one attached hydrogen (secondary N) is 2. The van der Waals surface area contributed by atoms with Crippen molar-refractivity contribution >= 4 is 45.8 Å². The van der Waals surface area contributed by atoms with Crippen LogP contribution in [0.1, 0.15) is 29.9 Å². The van der Waals surface area contributed by atoms with Gasteiger partial charge in [-0.05, 0) is 44.2 Å². The summed E-state index contributed by atoms with van der Waals surface area (Å²) in [5.41, 5.74) is 14.8. The number of aromatic amines is 1. The number of aromatic nitrogens is 4. The minimum absolute atomic E-state index is 0.0613. The number of pyridine rings is 1. The maximum Gasteiger partial charge on any atom is 0.317 e. The summed E-state index contributed by atoms with van der Waals surface area (Å²) in [4.78, 5) is 32.8. The summed E-state index contributed by atoms with van der Waals surface area (Å²) in [6.07, 6.45) is 8.18. The second-order valence-electron chi connectivity index (χ2n) is 7.61. The lowest BCUT2D eigenvalue weighted by atomic mass is 10.0. The number of amides is 1. The zero-order valence-electron chi connectivity index (χ0n) is 18.7. The summed E-state index contributed by atoms with van der Waals surface area (Å²) < 4.78 is 5.70. The van der Waals surface area contributed by atoms with Crippen molar-refractivity contribution < 1.29 is 9.53 Å². The molecule has 1 aromatic carbocycles. The Morgan fingerprint density at radius 2 is 2.12 bits per heavy atom. The van der Waals surface area contributed by atoms with Gasteiger partial charge in [0.25, 0.3) is 5.91 Å². The van der Waals surface area contributed by atoms with E-state index in [9.17, 15) is 4.79 Å². The standard InChI is InChI=1S/C24H24N8O2/c1-3-4-8-28-13(2)12-34-24-29-9-7-17(32-24)19-10-14-20-15(11-25)16(26)5-6-18(20)30-21(14)22(31-19)23(27)33/h3-11,13,25,30H,12,26H2,1-2H3,(H2,27,33)/b4-3-,25-11?,28-8?. The highest BCUT2D eigenvalue weighted by Crippen LogP contribution is 2.34. The Bertz CT molecular complexity index is 1450. The fraction of sp³-hybridized carbons (Fsp3) is 0.167. The molecule has 3 heterocycles. The second kappa shape index (κ2) is 9.49. The summed E-state index contributed by atoms with van der Waals surface area (Å²) in [6, 6.07) is 7.02. The third kappa shape index (κ3) is 4.33. The smallest absolute Gasteiger partial charge is 0.317 e. The summed E-state index contributed by atoms with van der Waals surface area (Å²) in [5, 5.41) is 9.18. The van der Waals surface area contributed by atoms with Crippen LogP contribution in [-0.4, -0.2) is 50.9 Å². The first kappa shape index (κ1) is 22.6. The van der Waals surface area contributed by atoms with Crippen molar-refractivity contribution in [2.24, 2.45) is 10.7 Å². The summed E-state index contributed by atoms with van der Waals surface area (Å²) in [6.45, 7) is 4.13. The average Bonchev–Trinajstić information content (AvgIpc) is 3.21. The maximum absolute atomic E-state index is 12.2. The van der Waals surface area contributed by atoms with Gasteiger partial charge >= 0.3 is 6.01 Å². The van der Waals surface area contributed by atoms with Crippen LogP contribution in [0.15, 0.2) is 47.6 Å². The van der Waals surface area contributed by atoms with Crippen LogP contribution in [0.4, 0.5) is 5.69 Å². The molecular formula is C24H24N8O2. The molecule has 0 bridgehead atoms. The SMILES string of the molecule is C/C=C\C=NC(C)COc1nccc(-c2cc3c([nH]c4ccc(N)c(C=N)c43)c(C(N)=O)n2)n1. The van der Waals surface area contributed by atoms with Crippen molar-refractivity contribution in [2.45, 2.75) is 19.9 Å². The lowest BCUT2D eigenvalue weighted by molar-refractivity contribution is 0.0997. The minimum atomic E-state index is -0.693. The zero-order chi connectivity index (χ0) is 24.2. The molecule has 0 aliphatic rings. The number of hydrogen-bond acceptors (Lipinski definition) is 8. The van der Waals surface area contributed by atoms with Gasteiger partial charge in [0, 0.05) is 46.2 Å². The molecule has 6 N–H and O–H groups in total. The largest absolute Gasteiger partial charge is 0.461 e. The fourth-order valence-electron chi connectivity index (χ4n) is 3.57. The second-order valence-corrected chi connectivity index (χ2v) is 7.61. The van der Waals surface area contributed by atoms with Gasteiger partial charge in [0.05, 0.1) is 22.9 Å². The normalized spacial score (nSPS) is 12.6. The molecule has 1 atom stereocenters.